The quantitative estimate of drug-likeness (QED) is 0.750. The lowest BCUT2D eigenvalue weighted by Crippen LogP contribution is -2.35. The second-order valence-corrected chi connectivity index (χ2v) is 7.75. The number of hydrogen-bond donors (Lipinski definition) is 3. The third-order valence-corrected chi connectivity index (χ3v) is 5.85. The van der Waals surface area contributed by atoms with Crippen molar-refractivity contribution in [3.8, 4) is 0 Å². The first kappa shape index (κ1) is 18.5. The van der Waals surface area contributed by atoms with Gasteiger partial charge in [0.05, 0.1) is 0 Å². The molecule has 3 N–H and O–H groups in total. The summed E-state index contributed by atoms with van der Waals surface area (Å²) >= 11 is 0. The largest absolute Gasteiger partial charge is 0.355 e. The van der Waals surface area contributed by atoms with Crippen LogP contribution in [0.1, 0.15) is 44.2 Å². The van der Waals surface area contributed by atoms with Crippen LogP contribution in [0.3, 0.4) is 0 Å². The van der Waals surface area contributed by atoms with Crippen molar-refractivity contribution in [2.45, 2.75) is 46.0 Å². The summed E-state index contributed by atoms with van der Waals surface area (Å²) in [6.07, 6.45) is 9.62. The Bertz CT molecular complexity index is 923. The summed E-state index contributed by atoms with van der Waals surface area (Å²) in [5.74, 6) is 0.494. The van der Waals surface area contributed by atoms with E-state index in [4.69, 9.17) is 5.41 Å². The third-order valence-electron chi connectivity index (χ3n) is 5.85. The first-order chi connectivity index (χ1) is 13.6. The van der Waals surface area contributed by atoms with Crippen molar-refractivity contribution in [1.82, 2.24) is 10.2 Å². The zero-order valence-corrected chi connectivity index (χ0v) is 16.7. The molecule has 1 aromatic rings. The van der Waals surface area contributed by atoms with Gasteiger partial charge in [-0.3, -0.25) is 10.2 Å². The monoisotopic (exact) mass is 376 g/mol. The molecule has 5 heteroatoms. The van der Waals surface area contributed by atoms with Crippen molar-refractivity contribution in [3.63, 3.8) is 0 Å². The lowest BCUT2D eigenvalue weighted by Gasteiger charge is -2.27. The second-order valence-electron chi connectivity index (χ2n) is 7.75. The van der Waals surface area contributed by atoms with Gasteiger partial charge in [-0.2, -0.15) is 0 Å². The van der Waals surface area contributed by atoms with E-state index in [1.807, 2.05) is 24.0 Å². The fourth-order valence-corrected chi connectivity index (χ4v) is 4.38. The van der Waals surface area contributed by atoms with Gasteiger partial charge in [0.1, 0.15) is 5.84 Å². The zero-order valence-electron chi connectivity index (χ0n) is 16.7. The Labute approximate surface area is 166 Å². The van der Waals surface area contributed by atoms with Crippen molar-refractivity contribution >= 4 is 17.4 Å². The molecule has 2 heterocycles. The molecule has 2 aliphatic heterocycles. The molecule has 28 heavy (non-hydrogen) atoms. The molecule has 4 rings (SSSR count). The van der Waals surface area contributed by atoms with Gasteiger partial charge in [-0.15, -0.1) is 0 Å². The maximum absolute atomic E-state index is 11.9. The minimum absolute atomic E-state index is 0.0829. The first-order valence-corrected chi connectivity index (χ1v) is 10.2. The Balaban J connectivity index is 1.70. The molecule has 0 saturated heterocycles. The molecule has 1 aliphatic carbocycles. The summed E-state index contributed by atoms with van der Waals surface area (Å²) in [6.45, 7) is 4.86. The number of nitrogens with zero attached hydrogens (tertiary/aromatic N) is 1. The number of carbonyl (C=O) groups is 1. The average Bonchev–Trinajstić information content (AvgIpc) is 3.02. The van der Waals surface area contributed by atoms with E-state index >= 15 is 0 Å². The molecular formula is C23H28N4O. The zero-order chi connectivity index (χ0) is 19.7. The highest BCUT2D eigenvalue weighted by molar-refractivity contribution is 6.06. The van der Waals surface area contributed by atoms with Crippen molar-refractivity contribution < 1.29 is 4.79 Å². The summed E-state index contributed by atoms with van der Waals surface area (Å²) in [6, 6.07) is 6.62. The predicted molar refractivity (Wildman–Crippen MR) is 113 cm³/mol. The number of amides is 1. The summed E-state index contributed by atoms with van der Waals surface area (Å²) < 4.78 is 0. The normalized spacial score (nSPS) is 20.8. The van der Waals surface area contributed by atoms with Gasteiger partial charge in [0.2, 0.25) is 5.91 Å². The van der Waals surface area contributed by atoms with Crippen LogP contribution in [-0.4, -0.2) is 29.7 Å². The van der Waals surface area contributed by atoms with E-state index in [9.17, 15) is 4.79 Å². The van der Waals surface area contributed by atoms with Gasteiger partial charge >= 0.3 is 0 Å². The standard InChI is InChI=1S/C23H28N4O/c1-3-6-21(25-18-10-9-16-7-4-5-8-17(16)13-18)22-19-14-27(15(2)28)12-11-20(19)26-23(22)24/h3,6,9-10,13,25H,4-5,7-8,11-12,14H2,1-2H3,(H2,24,26)/b6-3-,22-21+. The smallest absolute Gasteiger partial charge is 0.219 e. The molecule has 0 atom stereocenters. The van der Waals surface area contributed by atoms with E-state index in [1.54, 1.807) is 6.92 Å². The van der Waals surface area contributed by atoms with E-state index in [0.29, 0.717) is 18.9 Å². The molecule has 0 aromatic heterocycles. The maximum Gasteiger partial charge on any atom is 0.219 e. The number of rotatable bonds is 3. The van der Waals surface area contributed by atoms with Gasteiger partial charge in [-0.1, -0.05) is 12.1 Å². The Morgan fingerprint density at radius 1 is 1.21 bits per heavy atom. The van der Waals surface area contributed by atoms with Crippen LogP contribution in [0.2, 0.25) is 0 Å². The molecule has 0 fully saturated rings. The highest BCUT2D eigenvalue weighted by atomic mass is 16.2. The fourth-order valence-electron chi connectivity index (χ4n) is 4.38. The van der Waals surface area contributed by atoms with E-state index < -0.39 is 0 Å². The third kappa shape index (κ3) is 3.49. The molecule has 1 aromatic carbocycles. The fraction of sp³-hybridized carbons (Fsp3) is 0.391. The summed E-state index contributed by atoms with van der Waals surface area (Å²) in [5.41, 5.74) is 7.87. The first-order valence-electron chi connectivity index (χ1n) is 10.2. The van der Waals surface area contributed by atoms with Crippen molar-refractivity contribution in [1.29, 1.82) is 5.41 Å². The van der Waals surface area contributed by atoms with Gasteiger partial charge in [-0.05, 0) is 61.9 Å². The van der Waals surface area contributed by atoms with Crippen molar-refractivity contribution in [2.24, 2.45) is 0 Å². The number of fused-ring (bicyclic) bond motifs is 1. The number of allylic oxidation sites excluding steroid dienone is 2. The molecular weight excluding hydrogens is 348 g/mol. The average molecular weight is 377 g/mol. The molecule has 0 radical (unpaired) electrons. The minimum Gasteiger partial charge on any atom is -0.355 e. The van der Waals surface area contributed by atoms with Gasteiger partial charge < -0.3 is 15.5 Å². The van der Waals surface area contributed by atoms with Gasteiger partial charge in [-0.25, -0.2) is 0 Å². The molecule has 1 amide bonds. The molecule has 5 nitrogen and oxygen atoms in total. The highest BCUT2D eigenvalue weighted by Crippen LogP contribution is 2.32. The highest BCUT2D eigenvalue weighted by Gasteiger charge is 2.32. The number of hydrogen-bond acceptors (Lipinski definition) is 3. The Hall–Kier alpha value is -2.82. The minimum atomic E-state index is 0.0829. The van der Waals surface area contributed by atoms with Gasteiger partial charge in [0, 0.05) is 54.7 Å². The van der Waals surface area contributed by atoms with Crippen LogP contribution >= 0.6 is 0 Å². The molecule has 0 bridgehead atoms. The van der Waals surface area contributed by atoms with E-state index in [-0.39, 0.29) is 5.91 Å². The van der Waals surface area contributed by atoms with Crippen LogP contribution < -0.4 is 10.6 Å². The molecule has 3 aliphatic rings. The maximum atomic E-state index is 11.9. The van der Waals surface area contributed by atoms with Crippen LogP contribution in [0.15, 0.2) is 52.9 Å². The van der Waals surface area contributed by atoms with Crippen LogP contribution in [0, 0.1) is 5.41 Å². The van der Waals surface area contributed by atoms with E-state index in [0.717, 1.165) is 41.1 Å². The summed E-state index contributed by atoms with van der Waals surface area (Å²) in [4.78, 5) is 13.7. The van der Waals surface area contributed by atoms with E-state index in [2.05, 4.69) is 28.8 Å². The Kier molecular flexibility index (Phi) is 5.07. The van der Waals surface area contributed by atoms with Gasteiger partial charge in [0.25, 0.3) is 0 Å². The van der Waals surface area contributed by atoms with E-state index in [1.165, 1.54) is 30.4 Å². The van der Waals surface area contributed by atoms with Crippen molar-refractivity contribution in [2.75, 3.05) is 18.4 Å². The molecule has 0 saturated carbocycles. The number of aryl methyl sites for hydroxylation is 2. The number of carbonyl (C=O) groups excluding carboxylic acids is 1. The van der Waals surface area contributed by atoms with Crippen LogP contribution in [-0.2, 0) is 17.6 Å². The number of nitrogens with one attached hydrogen (secondary N) is 3. The Morgan fingerprint density at radius 2 is 2.00 bits per heavy atom. The van der Waals surface area contributed by atoms with Crippen LogP contribution in [0.4, 0.5) is 5.69 Å². The molecule has 0 unspecified atom stereocenters. The lowest BCUT2D eigenvalue weighted by atomic mass is 9.91. The van der Waals surface area contributed by atoms with Crippen LogP contribution in [0.25, 0.3) is 0 Å². The summed E-state index contributed by atoms with van der Waals surface area (Å²) in [7, 11) is 0. The topological polar surface area (TPSA) is 68.2 Å². The molecule has 0 spiro atoms. The predicted octanol–water partition coefficient (Wildman–Crippen LogP) is 3.89. The van der Waals surface area contributed by atoms with Crippen molar-refractivity contribution in [3.05, 3.63) is 64.0 Å². The SMILES string of the molecule is C/C=C\C(Nc1ccc2c(c1)CCCC2)=C1/C(=N)NC2=C1CN(C(C)=O)CC2. The number of anilines is 1. The number of amidine groups is 1. The van der Waals surface area contributed by atoms with Crippen LogP contribution in [0.5, 0.6) is 0 Å². The lowest BCUT2D eigenvalue weighted by molar-refractivity contribution is -0.128. The second kappa shape index (κ2) is 7.66. The van der Waals surface area contributed by atoms with Gasteiger partial charge in [0.15, 0.2) is 0 Å². The molecule has 146 valence electrons. The number of benzene rings is 1. The Morgan fingerprint density at radius 3 is 2.75 bits per heavy atom. The summed E-state index contributed by atoms with van der Waals surface area (Å²) in [5, 5.41) is 15.3.